The Bertz CT molecular complexity index is 687. The molecule has 3 rings (SSSR count). The second-order valence-corrected chi connectivity index (χ2v) is 5.48. The van der Waals surface area contributed by atoms with Gasteiger partial charge < -0.3 is 15.4 Å². The molecule has 1 aromatic heterocycles. The Morgan fingerprint density at radius 1 is 1.33 bits per heavy atom. The molecule has 2 N–H and O–H groups in total. The Labute approximate surface area is 129 Å². The Morgan fingerprint density at radius 3 is 2.95 bits per heavy atom. The van der Waals surface area contributed by atoms with E-state index in [2.05, 4.69) is 9.88 Å². The topological polar surface area (TPSA) is 51.4 Å². The van der Waals surface area contributed by atoms with Crippen LogP contribution in [0.3, 0.4) is 0 Å². The predicted molar refractivity (Wildman–Crippen MR) is 88.4 cm³/mol. The molecule has 0 aliphatic carbocycles. The Hall–Kier alpha value is -2.14. The van der Waals surface area contributed by atoms with Gasteiger partial charge in [-0.05, 0) is 37.6 Å². The van der Waals surface area contributed by atoms with E-state index in [0.29, 0.717) is 11.6 Å². The van der Waals surface area contributed by atoms with E-state index in [1.165, 1.54) is 0 Å². The summed E-state index contributed by atoms with van der Waals surface area (Å²) in [6, 6.07) is 11.9. The van der Waals surface area contributed by atoms with Gasteiger partial charge >= 0.3 is 0 Å². The predicted octanol–water partition coefficient (Wildman–Crippen LogP) is 2.94. The number of hydrogen-bond acceptors (Lipinski definition) is 4. The van der Waals surface area contributed by atoms with Crippen LogP contribution < -0.4 is 15.4 Å². The smallest absolute Gasteiger partial charge is 0.142 e. The highest BCUT2D eigenvalue weighted by Crippen LogP contribution is 2.35. The third kappa shape index (κ3) is 2.83. The van der Waals surface area contributed by atoms with Crippen molar-refractivity contribution in [2.75, 3.05) is 18.1 Å². The highest BCUT2D eigenvalue weighted by molar-refractivity contribution is 7.80. The molecule has 21 heavy (non-hydrogen) atoms. The highest BCUT2D eigenvalue weighted by Gasteiger charge is 2.19. The third-order valence-electron chi connectivity index (χ3n) is 3.44. The molecule has 108 valence electrons. The first kappa shape index (κ1) is 13.8. The molecule has 0 unspecified atom stereocenters. The van der Waals surface area contributed by atoms with E-state index in [0.717, 1.165) is 41.5 Å². The van der Waals surface area contributed by atoms with Crippen molar-refractivity contribution in [3.05, 3.63) is 47.7 Å². The molecule has 2 heterocycles. The minimum Gasteiger partial charge on any atom is -0.491 e. The fraction of sp³-hybridized carbons (Fsp3) is 0.250. The second kappa shape index (κ2) is 5.69. The molecule has 1 aromatic carbocycles. The van der Waals surface area contributed by atoms with Gasteiger partial charge in [-0.2, -0.15) is 0 Å². The average molecular weight is 299 g/mol. The lowest BCUT2D eigenvalue weighted by atomic mass is 10.2. The molecular formula is C16H17N3OS. The lowest BCUT2D eigenvalue weighted by Crippen LogP contribution is -2.20. The van der Waals surface area contributed by atoms with E-state index < -0.39 is 0 Å². The van der Waals surface area contributed by atoms with Gasteiger partial charge in [0.2, 0.25) is 0 Å². The van der Waals surface area contributed by atoms with Crippen molar-refractivity contribution in [1.29, 1.82) is 0 Å². The zero-order chi connectivity index (χ0) is 14.8. The summed E-state index contributed by atoms with van der Waals surface area (Å²) in [7, 11) is 0. The first-order valence-corrected chi connectivity index (χ1v) is 7.34. The molecule has 0 saturated heterocycles. The van der Waals surface area contributed by atoms with Crippen LogP contribution >= 0.6 is 12.2 Å². The lowest BCUT2D eigenvalue weighted by molar-refractivity contribution is 0.322. The number of thiocarbonyl (C=S) groups is 1. The van der Waals surface area contributed by atoms with Gasteiger partial charge in [0.15, 0.2) is 0 Å². The normalized spacial score (nSPS) is 14.0. The Morgan fingerprint density at radius 2 is 2.14 bits per heavy atom. The Kier molecular flexibility index (Phi) is 3.75. The third-order valence-corrected chi connectivity index (χ3v) is 3.68. The van der Waals surface area contributed by atoms with E-state index in [1.54, 1.807) is 0 Å². The zero-order valence-electron chi connectivity index (χ0n) is 11.9. The van der Waals surface area contributed by atoms with Gasteiger partial charge in [0, 0.05) is 17.8 Å². The molecule has 1 aliphatic rings. The maximum atomic E-state index is 5.79. The minimum absolute atomic E-state index is 0.390. The molecule has 0 spiro atoms. The number of aromatic nitrogens is 1. The molecular weight excluding hydrogens is 282 g/mol. The maximum Gasteiger partial charge on any atom is 0.142 e. The summed E-state index contributed by atoms with van der Waals surface area (Å²) in [5, 5.41) is 0. The SMILES string of the molecule is Cc1cc(C(N)=S)cc(N2CCCOc3ccccc32)n1. The molecule has 0 fully saturated rings. The number of rotatable bonds is 2. The van der Waals surface area contributed by atoms with Crippen LogP contribution in [0.4, 0.5) is 11.5 Å². The van der Waals surface area contributed by atoms with Crippen molar-refractivity contribution in [1.82, 2.24) is 4.98 Å². The van der Waals surface area contributed by atoms with E-state index >= 15 is 0 Å². The quantitative estimate of drug-likeness (QED) is 0.864. The molecule has 0 amide bonds. The molecule has 0 saturated carbocycles. The summed E-state index contributed by atoms with van der Waals surface area (Å²) in [5.41, 5.74) is 8.54. The first-order chi connectivity index (χ1) is 10.1. The molecule has 0 bridgehead atoms. The number of nitrogens with zero attached hydrogens (tertiary/aromatic N) is 2. The molecule has 0 radical (unpaired) electrons. The summed E-state index contributed by atoms with van der Waals surface area (Å²) in [6.45, 7) is 3.51. The van der Waals surface area contributed by atoms with E-state index in [4.69, 9.17) is 22.7 Å². The number of pyridine rings is 1. The molecule has 5 heteroatoms. The van der Waals surface area contributed by atoms with Crippen LogP contribution in [-0.4, -0.2) is 23.1 Å². The van der Waals surface area contributed by atoms with Crippen molar-refractivity contribution in [3.8, 4) is 5.75 Å². The van der Waals surface area contributed by atoms with Crippen LogP contribution in [0.1, 0.15) is 17.7 Å². The van der Waals surface area contributed by atoms with Crippen molar-refractivity contribution in [2.45, 2.75) is 13.3 Å². The largest absolute Gasteiger partial charge is 0.491 e. The zero-order valence-corrected chi connectivity index (χ0v) is 12.7. The average Bonchev–Trinajstić information content (AvgIpc) is 2.69. The van der Waals surface area contributed by atoms with Crippen LogP contribution in [0.25, 0.3) is 0 Å². The first-order valence-electron chi connectivity index (χ1n) is 6.93. The number of nitrogens with two attached hydrogens (primary N) is 1. The fourth-order valence-corrected chi connectivity index (χ4v) is 2.61. The summed E-state index contributed by atoms with van der Waals surface area (Å²) in [4.78, 5) is 7.19. The molecule has 4 nitrogen and oxygen atoms in total. The van der Waals surface area contributed by atoms with Crippen molar-refractivity contribution in [2.24, 2.45) is 5.73 Å². The van der Waals surface area contributed by atoms with Gasteiger partial charge in [-0.25, -0.2) is 4.98 Å². The van der Waals surface area contributed by atoms with Crippen LogP contribution in [0.5, 0.6) is 5.75 Å². The summed E-state index contributed by atoms with van der Waals surface area (Å²) >= 11 is 5.09. The maximum absolute atomic E-state index is 5.79. The highest BCUT2D eigenvalue weighted by atomic mass is 32.1. The van der Waals surface area contributed by atoms with Crippen molar-refractivity contribution in [3.63, 3.8) is 0 Å². The lowest BCUT2D eigenvalue weighted by Gasteiger charge is -2.23. The van der Waals surface area contributed by atoms with Gasteiger partial charge in [-0.3, -0.25) is 0 Å². The van der Waals surface area contributed by atoms with E-state index in [9.17, 15) is 0 Å². The molecule has 2 aromatic rings. The monoisotopic (exact) mass is 299 g/mol. The summed E-state index contributed by atoms with van der Waals surface area (Å²) in [5.74, 6) is 1.74. The van der Waals surface area contributed by atoms with Gasteiger partial charge in [0.05, 0.1) is 12.3 Å². The van der Waals surface area contributed by atoms with Crippen molar-refractivity contribution >= 4 is 28.7 Å². The number of ether oxygens (including phenoxy) is 1. The number of anilines is 2. The standard InChI is InChI=1S/C16H17N3OS/c1-11-9-12(16(17)21)10-15(18-11)19-7-4-8-20-14-6-3-2-5-13(14)19/h2-3,5-6,9-10H,4,7-8H2,1H3,(H2,17,21). The fourth-order valence-electron chi connectivity index (χ4n) is 2.50. The van der Waals surface area contributed by atoms with Crippen LogP contribution in [-0.2, 0) is 0 Å². The number of benzene rings is 1. The minimum atomic E-state index is 0.390. The van der Waals surface area contributed by atoms with Crippen molar-refractivity contribution < 1.29 is 4.74 Å². The van der Waals surface area contributed by atoms with Crippen LogP contribution in [0.2, 0.25) is 0 Å². The number of fused-ring (bicyclic) bond motifs is 1. The number of aryl methyl sites for hydroxylation is 1. The molecule has 0 atom stereocenters. The summed E-state index contributed by atoms with van der Waals surface area (Å²) in [6.07, 6.45) is 0.937. The number of hydrogen-bond donors (Lipinski definition) is 1. The van der Waals surface area contributed by atoms with E-state index in [-0.39, 0.29) is 0 Å². The van der Waals surface area contributed by atoms with Gasteiger partial charge in [-0.1, -0.05) is 24.4 Å². The number of para-hydroxylation sites is 2. The molecule has 1 aliphatic heterocycles. The van der Waals surface area contributed by atoms with Gasteiger partial charge in [0.25, 0.3) is 0 Å². The summed E-state index contributed by atoms with van der Waals surface area (Å²) < 4.78 is 5.79. The Balaban J connectivity index is 2.09. The van der Waals surface area contributed by atoms with Crippen LogP contribution in [0.15, 0.2) is 36.4 Å². The van der Waals surface area contributed by atoms with Gasteiger partial charge in [0.1, 0.15) is 16.6 Å². The van der Waals surface area contributed by atoms with Gasteiger partial charge in [-0.15, -0.1) is 0 Å². The second-order valence-electron chi connectivity index (χ2n) is 5.04. The van der Waals surface area contributed by atoms with E-state index in [1.807, 2.05) is 43.3 Å². The van der Waals surface area contributed by atoms with Crippen LogP contribution in [0, 0.1) is 6.92 Å².